The summed E-state index contributed by atoms with van der Waals surface area (Å²) >= 11 is 1.25. The number of benzene rings is 1. The van der Waals surface area contributed by atoms with E-state index >= 15 is 0 Å². The fourth-order valence-electron chi connectivity index (χ4n) is 2.52. The molecule has 4 nitrogen and oxygen atoms in total. The van der Waals surface area contributed by atoms with Gasteiger partial charge in [0.25, 0.3) is 0 Å². The molecule has 0 spiro atoms. The second-order valence-electron chi connectivity index (χ2n) is 5.33. The molecule has 1 aromatic carbocycles. The van der Waals surface area contributed by atoms with Crippen LogP contribution in [0.1, 0.15) is 25.3 Å². The van der Waals surface area contributed by atoms with Gasteiger partial charge in [-0.05, 0) is 31.7 Å². The number of carbonyl (C=O) groups excluding carboxylic acids is 1. The lowest BCUT2D eigenvalue weighted by atomic mass is 10.1. The molecule has 1 N–H and O–H groups in total. The highest BCUT2D eigenvalue weighted by Crippen LogP contribution is 2.24. The zero-order valence-electron chi connectivity index (χ0n) is 12.2. The number of hydrogen-bond acceptors (Lipinski definition) is 3. The van der Waals surface area contributed by atoms with Gasteiger partial charge in [-0.1, -0.05) is 30.3 Å². The van der Waals surface area contributed by atoms with Crippen molar-refractivity contribution in [3.63, 3.8) is 0 Å². The minimum atomic E-state index is -0.857. The molecule has 0 aliphatic carbocycles. The Bertz CT molecular complexity index is 486. The first kappa shape index (κ1) is 15.9. The first-order valence-electron chi connectivity index (χ1n) is 7.29. The van der Waals surface area contributed by atoms with E-state index in [1.165, 1.54) is 11.8 Å². The summed E-state index contributed by atoms with van der Waals surface area (Å²) in [5.41, 5.74) is 0.984. The first-order valence-corrected chi connectivity index (χ1v) is 8.23. The van der Waals surface area contributed by atoms with E-state index in [1.54, 1.807) is 0 Å². The van der Waals surface area contributed by atoms with Crippen LogP contribution < -0.4 is 0 Å². The number of carboxylic acid groups (broad SMARTS) is 1. The minimum absolute atomic E-state index is 0.0665. The Kier molecular flexibility index (Phi) is 5.67. The second-order valence-corrected chi connectivity index (χ2v) is 6.88. The SMILES string of the molecule is CC(SC(Cc1ccccc1)C(=O)O)C(=O)N1CCCC1. The summed E-state index contributed by atoms with van der Waals surface area (Å²) in [6.45, 7) is 3.42. The van der Waals surface area contributed by atoms with Gasteiger partial charge in [0.1, 0.15) is 5.25 Å². The smallest absolute Gasteiger partial charge is 0.316 e. The Hall–Kier alpha value is -1.49. The summed E-state index contributed by atoms with van der Waals surface area (Å²) in [4.78, 5) is 25.6. The minimum Gasteiger partial charge on any atom is -0.480 e. The lowest BCUT2D eigenvalue weighted by molar-refractivity contribution is -0.136. The molecule has 1 aliphatic rings. The summed E-state index contributed by atoms with van der Waals surface area (Å²) in [5, 5.41) is 8.48. The fraction of sp³-hybridized carbons (Fsp3) is 0.500. The summed E-state index contributed by atoms with van der Waals surface area (Å²) < 4.78 is 0. The van der Waals surface area contributed by atoms with Crippen LogP contribution in [0.15, 0.2) is 30.3 Å². The molecule has 21 heavy (non-hydrogen) atoms. The number of thioether (sulfide) groups is 1. The number of rotatable bonds is 6. The van der Waals surface area contributed by atoms with Crippen LogP contribution in [0.5, 0.6) is 0 Å². The number of amides is 1. The van der Waals surface area contributed by atoms with Crippen LogP contribution in [0, 0.1) is 0 Å². The molecule has 1 saturated heterocycles. The first-order chi connectivity index (χ1) is 10.1. The third-order valence-corrected chi connectivity index (χ3v) is 4.98. The van der Waals surface area contributed by atoms with Crippen LogP contribution in [0.2, 0.25) is 0 Å². The molecule has 0 saturated carbocycles. The summed E-state index contributed by atoms with van der Waals surface area (Å²) in [6.07, 6.45) is 2.55. The molecule has 0 radical (unpaired) electrons. The Labute approximate surface area is 129 Å². The van der Waals surface area contributed by atoms with E-state index in [2.05, 4.69) is 0 Å². The average molecular weight is 307 g/mol. The Morgan fingerprint density at radius 1 is 1.24 bits per heavy atom. The van der Waals surface area contributed by atoms with Gasteiger partial charge in [0.05, 0.1) is 5.25 Å². The molecule has 2 atom stereocenters. The lowest BCUT2D eigenvalue weighted by Crippen LogP contribution is -2.36. The normalized spacial score (nSPS) is 17.5. The number of nitrogens with zero attached hydrogens (tertiary/aromatic N) is 1. The van der Waals surface area contributed by atoms with Crippen LogP contribution >= 0.6 is 11.8 Å². The zero-order valence-corrected chi connectivity index (χ0v) is 13.0. The average Bonchev–Trinajstić information content (AvgIpc) is 3.00. The van der Waals surface area contributed by atoms with Gasteiger partial charge in [0.2, 0.25) is 5.91 Å². The Morgan fingerprint density at radius 2 is 1.86 bits per heavy atom. The molecule has 114 valence electrons. The maximum atomic E-state index is 12.3. The van der Waals surface area contributed by atoms with Crippen molar-refractivity contribution in [2.24, 2.45) is 0 Å². The van der Waals surface area contributed by atoms with Gasteiger partial charge in [-0.15, -0.1) is 11.8 Å². The molecular weight excluding hydrogens is 286 g/mol. The number of likely N-dealkylation sites (tertiary alicyclic amines) is 1. The Morgan fingerprint density at radius 3 is 2.43 bits per heavy atom. The molecule has 0 aromatic heterocycles. The van der Waals surface area contributed by atoms with Crippen molar-refractivity contribution in [3.05, 3.63) is 35.9 Å². The van der Waals surface area contributed by atoms with E-state index < -0.39 is 11.2 Å². The summed E-state index contributed by atoms with van der Waals surface area (Å²) in [6, 6.07) is 9.55. The Balaban J connectivity index is 1.95. The fourth-order valence-corrected chi connectivity index (χ4v) is 3.68. The van der Waals surface area contributed by atoms with Gasteiger partial charge < -0.3 is 10.0 Å². The molecule has 2 unspecified atom stereocenters. The van der Waals surface area contributed by atoms with Gasteiger partial charge in [0, 0.05) is 13.1 Å². The zero-order chi connectivity index (χ0) is 15.2. The highest BCUT2D eigenvalue weighted by atomic mass is 32.2. The van der Waals surface area contributed by atoms with Gasteiger partial charge in [-0.25, -0.2) is 0 Å². The van der Waals surface area contributed by atoms with E-state index in [0.29, 0.717) is 6.42 Å². The largest absolute Gasteiger partial charge is 0.480 e. The van der Waals surface area contributed by atoms with E-state index in [-0.39, 0.29) is 11.2 Å². The highest BCUT2D eigenvalue weighted by Gasteiger charge is 2.28. The van der Waals surface area contributed by atoms with E-state index in [1.807, 2.05) is 42.2 Å². The van der Waals surface area contributed by atoms with Crippen molar-refractivity contribution >= 4 is 23.6 Å². The van der Waals surface area contributed by atoms with Crippen molar-refractivity contribution in [1.29, 1.82) is 0 Å². The quantitative estimate of drug-likeness (QED) is 0.877. The maximum Gasteiger partial charge on any atom is 0.316 e. The topological polar surface area (TPSA) is 57.6 Å². The van der Waals surface area contributed by atoms with Crippen LogP contribution in [0.4, 0.5) is 0 Å². The molecule has 1 fully saturated rings. The molecule has 1 aromatic rings. The molecule has 0 bridgehead atoms. The third-order valence-electron chi connectivity index (χ3n) is 3.67. The number of aliphatic carboxylic acids is 1. The van der Waals surface area contributed by atoms with Crippen molar-refractivity contribution in [2.75, 3.05) is 13.1 Å². The lowest BCUT2D eigenvalue weighted by Gasteiger charge is -2.22. The van der Waals surface area contributed by atoms with Crippen LogP contribution in [0.3, 0.4) is 0 Å². The van der Waals surface area contributed by atoms with E-state index in [4.69, 9.17) is 0 Å². The number of carboxylic acids is 1. The standard InChI is InChI=1S/C16H21NO3S/c1-12(15(18)17-9-5-6-10-17)21-14(16(19)20)11-13-7-3-2-4-8-13/h2-4,7-8,12,14H,5-6,9-11H2,1H3,(H,19,20). The van der Waals surface area contributed by atoms with Crippen LogP contribution in [-0.4, -0.2) is 45.5 Å². The molecule has 5 heteroatoms. The van der Waals surface area contributed by atoms with Gasteiger partial charge >= 0.3 is 5.97 Å². The van der Waals surface area contributed by atoms with Crippen molar-refractivity contribution in [2.45, 2.75) is 36.7 Å². The summed E-state index contributed by atoms with van der Waals surface area (Å²) in [5.74, 6) is -0.790. The van der Waals surface area contributed by atoms with Crippen molar-refractivity contribution in [1.82, 2.24) is 4.90 Å². The van der Waals surface area contributed by atoms with E-state index in [9.17, 15) is 14.7 Å². The summed E-state index contributed by atoms with van der Waals surface area (Å²) in [7, 11) is 0. The van der Waals surface area contributed by atoms with Gasteiger partial charge in [-0.3, -0.25) is 9.59 Å². The molecule has 2 rings (SSSR count). The number of carbonyl (C=O) groups is 2. The monoisotopic (exact) mass is 307 g/mol. The molecule has 1 aliphatic heterocycles. The number of hydrogen-bond donors (Lipinski definition) is 1. The molecule has 1 heterocycles. The van der Waals surface area contributed by atoms with Gasteiger partial charge in [-0.2, -0.15) is 0 Å². The molecular formula is C16H21NO3S. The van der Waals surface area contributed by atoms with Crippen LogP contribution in [-0.2, 0) is 16.0 Å². The van der Waals surface area contributed by atoms with Crippen molar-refractivity contribution in [3.8, 4) is 0 Å². The van der Waals surface area contributed by atoms with Crippen molar-refractivity contribution < 1.29 is 14.7 Å². The predicted octanol–water partition coefficient (Wildman–Crippen LogP) is 2.43. The highest BCUT2D eigenvalue weighted by molar-refractivity contribution is 8.01. The third kappa shape index (κ3) is 4.49. The second kappa shape index (κ2) is 7.50. The predicted molar refractivity (Wildman–Crippen MR) is 84.4 cm³/mol. The van der Waals surface area contributed by atoms with Gasteiger partial charge in [0.15, 0.2) is 0 Å². The van der Waals surface area contributed by atoms with Crippen LogP contribution in [0.25, 0.3) is 0 Å². The van der Waals surface area contributed by atoms with E-state index in [0.717, 1.165) is 31.5 Å². The maximum absolute atomic E-state index is 12.3. The molecule has 1 amide bonds.